The van der Waals surface area contributed by atoms with Crippen LogP contribution in [0.3, 0.4) is 0 Å². The number of benzene rings is 1. The lowest BCUT2D eigenvalue weighted by atomic mass is 10.1. The summed E-state index contributed by atoms with van der Waals surface area (Å²) in [5.41, 5.74) is 14.8. The molecule has 0 saturated carbocycles. The molecular weight excluding hydrogens is 380 g/mol. The second kappa shape index (κ2) is 7.90. The minimum atomic E-state index is -0.106. The molecule has 0 spiro atoms. The number of anilines is 2. The van der Waals surface area contributed by atoms with Crippen molar-refractivity contribution in [3.63, 3.8) is 0 Å². The van der Waals surface area contributed by atoms with Gasteiger partial charge in [-0.15, -0.1) is 0 Å². The fraction of sp³-hybridized carbons (Fsp3) is 0.227. The first-order chi connectivity index (χ1) is 14.4. The molecule has 0 aliphatic heterocycles. The third-order valence-corrected chi connectivity index (χ3v) is 4.76. The third-order valence-electron chi connectivity index (χ3n) is 4.76. The number of nitrogens with zero attached hydrogens (tertiary/aromatic N) is 4. The SMILES string of the molecule is COc1cccc(O[C@H](C)Cn2c(C)nc3ccc(-c4cc(N)nc(N)c4)nc32)c1. The molecule has 30 heavy (non-hydrogen) atoms. The summed E-state index contributed by atoms with van der Waals surface area (Å²) in [5.74, 6) is 3.09. The summed E-state index contributed by atoms with van der Waals surface area (Å²) in [6, 6.07) is 14.9. The van der Waals surface area contributed by atoms with Gasteiger partial charge in [0.2, 0.25) is 0 Å². The van der Waals surface area contributed by atoms with Gasteiger partial charge in [0.15, 0.2) is 5.65 Å². The van der Waals surface area contributed by atoms with Crippen molar-refractivity contribution in [3.8, 4) is 22.8 Å². The molecule has 0 aliphatic carbocycles. The lowest BCUT2D eigenvalue weighted by Crippen LogP contribution is -2.20. The van der Waals surface area contributed by atoms with E-state index in [1.807, 2.05) is 50.2 Å². The van der Waals surface area contributed by atoms with Crippen LogP contribution in [0.1, 0.15) is 12.7 Å². The maximum absolute atomic E-state index is 6.08. The zero-order valence-electron chi connectivity index (χ0n) is 17.2. The van der Waals surface area contributed by atoms with E-state index in [9.17, 15) is 0 Å². The van der Waals surface area contributed by atoms with Gasteiger partial charge >= 0.3 is 0 Å². The minimum absolute atomic E-state index is 0.106. The standard InChI is InChI=1S/C22H24N6O2/c1-13(30-17-6-4-5-16(11-17)29-3)12-28-14(2)25-19-8-7-18(26-22(19)28)15-9-20(23)27-21(24)10-15/h4-11,13H,12H2,1-3H3,(H4,23,24,27)/t13-/m1/s1. The maximum atomic E-state index is 6.08. The summed E-state index contributed by atoms with van der Waals surface area (Å²) >= 11 is 0. The molecule has 4 aromatic rings. The highest BCUT2D eigenvalue weighted by molar-refractivity contribution is 5.77. The van der Waals surface area contributed by atoms with Gasteiger partial charge in [0.1, 0.15) is 40.6 Å². The van der Waals surface area contributed by atoms with Gasteiger partial charge in [0.05, 0.1) is 19.3 Å². The molecule has 0 unspecified atom stereocenters. The monoisotopic (exact) mass is 404 g/mol. The normalized spacial score (nSPS) is 12.1. The number of methoxy groups -OCH3 is 1. The van der Waals surface area contributed by atoms with E-state index in [1.165, 1.54) is 0 Å². The molecule has 3 aromatic heterocycles. The number of pyridine rings is 2. The van der Waals surface area contributed by atoms with Crippen molar-refractivity contribution in [2.24, 2.45) is 0 Å². The van der Waals surface area contributed by atoms with Gasteiger partial charge in [-0.2, -0.15) is 0 Å². The summed E-state index contributed by atoms with van der Waals surface area (Å²) in [4.78, 5) is 13.5. The molecule has 0 amide bonds. The van der Waals surface area contributed by atoms with Gasteiger partial charge < -0.3 is 25.5 Å². The van der Waals surface area contributed by atoms with E-state index < -0.39 is 0 Å². The third kappa shape index (κ3) is 3.98. The number of imidazole rings is 1. The number of fused-ring (bicyclic) bond motifs is 1. The number of aromatic nitrogens is 4. The van der Waals surface area contributed by atoms with Gasteiger partial charge in [-0.3, -0.25) is 0 Å². The molecule has 8 nitrogen and oxygen atoms in total. The van der Waals surface area contributed by atoms with E-state index in [2.05, 4.69) is 14.5 Å². The minimum Gasteiger partial charge on any atom is -0.497 e. The fourth-order valence-corrected chi connectivity index (χ4v) is 3.42. The van der Waals surface area contributed by atoms with E-state index >= 15 is 0 Å². The van der Waals surface area contributed by atoms with Crippen LogP contribution in [0.25, 0.3) is 22.4 Å². The Kier molecular flexibility index (Phi) is 5.14. The van der Waals surface area contributed by atoms with Crippen LogP contribution in [-0.2, 0) is 6.54 Å². The molecule has 8 heteroatoms. The van der Waals surface area contributed by atoms with Crippen molar-refractivity contribution < 1.29 is 9.47 Å². The van der Waals surface area contributed by atoms with Crippen molar-refractivity contribution in [2.45, 2.75) is 26.5 Å². The van der Waals surface area contributed by atoms with Crippen molar-refractivity contribution in [3.05, 3.63) is 54.4 Å². The van der Waals surface area contributed by atoms with Crippen LogP contribution in [0.4, 0.5) is 11.6 Å². The zero-order chi connectivity index (χ0) is 21.3. The summed E-state index contributed by atoms with van der Waals surface area (Å²) in [7, 11) is 1.64. The van der Waals surface area contributed by atoms with Gasteiger partial charge in [-0.1, -0.05) is 6.07 Å². The highest BCUT2D eigenvalue weighted by Gasteiger charge is 2.15. The van der Waals surface area contributed by atoms with Crippen LogP contribution in [0.15, 0.2) is 48.5 Å². The molecule has 3 heterocycles. The maximum Gasteiger partial charge on any atom is 0.160 e. The fourth-order valence-electron chi connectivity index (χ4n) is 3.42. The highest BCUT2D eigenvalue weighted by atomic mass is 16.5. The average molecular weight is 404 g/mol. The second-order valence-electron chi connectivity index (χ2n) is 7.12. The Labute approximate surface area is 174 Å². The summed E-state index contributed by atoms with van der Waals surface area (Å²) in [6.45, 7) is 4.57. The first-order valence-electron chi connectivity index (χ1n) is 9.61. The first-order valence-corrected chi connectivity index (χ1v) is 9.61. The predicted molar refractivity (Wildman–Crippen MR) is 117 cm³/mol. The molecule has 1 aromatic carbocycles. The lowest BCUT2D eigenvalue weighted by Gasteiger charge is -2.17. The smallest absolute Gasteiger partial charge is 0.160 e. The summed E-state index contributed by atoms with van der Waals surface area (Å²) in [5, 5.41) is 0. The lowest BCUT2D eigenvalue weighted by molar-refractivity contribution is 0.199. The number of hydrogen-bond acceptors (Lipinski definition) is 7. The average Bonchev–Trinajstić information content (AvgIpc) is 3.02. The van der Waals surface area contributed by atoms with E-state index in [-0.39, 0.29) is 6.10 Å². The van der Waals surface area contributed by atoms with Crippen molar-refractivity contribution in [1.29, 1.82) is 0 Å². The van der Waals surface area contributed by atoms with Crippen LogP contribution in [0, 0.1) is 6.92 Å². The van der Waals surface area contributed by atoms with Crippen LogP contribution in [-0.4, -0.2) is 32.7 Å². The molecule has 0 aliphatic rings. The van der Waals surface area contributed by atoms with Crippen molar-refractivity contribution in [2.75, 3.05) is 18.6 Å². The molecular formula is C22H24N6O2. The zero-order valence-corrected chi connectivity index (χ0v) is 17.2. The Morgan fingerprint density at radius 2 is 1.70 bits per heavy atom. The number of nitrogen functional groups attached to an aromatic ring is 2. The van der Waals surface area contributed by atoms with Crippen LogP contribution < -0.4 is 20.9 Å². The molecule has 1 atom stereocenters. The van der Waals surface area contributed by atoms with Gasteiger partial charge in [-0.25, -0.2) is 15.0 Å². The van der Waals surface area contributed by atoms with Crippen molar-refractivity contribution in [1.82, 2.24) is 19.5 Å². The number of nitrogens with two attached hydrogens (primary N) is 2. The topological polar surface area (TPSA) is 114 Å². The van der Waals surface area contributed by atoms with E-state index in [4.69, 9.17) is 25.9 Å². The highest BCUT2D eigenvalue weighted by Crippen LogP contribution is 2.25. The second-order valence-corrected chi connectivity index (χ2v) is 7.12. The molecule has 4 rings (SSSR count). The summed E-state index contributed by atoms with van der Waals surface area (Å²) < 4.78 is 13.4. The van der Waals surface area contributed by atoms with Crippen molar-refractivity contribution >= 4 is 22.8 Å². The summed E-state index contributed by atoms with van der Waals surface area (Å²) in [6.07, 6.45) is -0.106. The van der Waals surface area contributed by atoms with Gasteiger partial charge in [-0.05, 0) is 50.2 Å². The molecule has 0 fully saturated rings. The Bertz CT molecular complexity index is 1180. The Morgan fingerprint density at radius 1 is 0.967 bits per heavy atom. The molecule has 0 radical (unpaired) electrons. The molecule has 0 bridgehead atoms. The van der Waals surface area contributed by atoms with Crippen LogP contribution in [0.2, 0.25) is 0 Å². The molecule has 154 valence electrons. The van der Waals surface area contributed by atoms with Gasteiger partial charge in [0.25, 0.3) is 0 Å². The van der Waals surface area contributed by atoms with E-state index in [0.717, 1.165) is 39.7 Å². The quantitative estimate of drug-likeness (QED) is 0.506. The number of aryl methyl sites for hydroxylation is 1. The van der Waals surface area contributed by atoms with E-state index in [0.29, 0.717) is 18.2 Å². The van der Waals surface area contributed by atoms with E-state index in [1.54, 1.807) is 19.2 Å². The molecule has 4 N–H and O–H groups in total. The largest absolute Gasteiger partial charge is 0.497 e. The first kappa shape index (κ1) is 19.5. The van der Waals surface area contributed by atoms with Crippen LogP contribution in [0.5, 0.6) is 11.5 Å². The Balaban J connectivity index is 1.64. The number of ether oxygens (including phenoxy) is 2. The predicted octanol–water partition coefficient (Wildman–Crippen LogP) is 3.44. The van der Waals surface area contributed by atoms with Crippen LogP contribution >= 0.6 is 0 Å². The Morgan fingerprint density at radius 3 is 2.43 bits per heavy atom. The van der Waals surface area contributed by atoms with Gasteiger partial charge in [0, 0.05) is 11.6 Å². The number of rotatable bonds is 6. The Hall–Kier alpha value is -3.81. The molecule has 0 saturated heterocycles. The number of hydrogen-bond donors (Lipinski definition) is 2.